The lowest BCUT2D eigenvalue weighted by molar-refractivity contribution is -0.139. The van der Waals surface area contributed by atoms with Crippen molar-refractivity contribution in [2.45, 2.75) is 12.6 Å². The van der Waals surface area contributed by atoms with Crippen LogP contribution in [0, 0.1) is 0 Å². The molecule has 0 saturated heterocycles. The summed E-state index contributed by atoms with van der Waals surface area (Å²) in [5.41, 5.74) is -1.58. The standard InChI is InChI=1S/C8H5ClF3NO2/c9-6-3-13-2-5(8(10,11)12)4(6)1-7(14)15/h2-3H,1H2,(H,14,15). The summed E-state index contributed by atoms with van der Waals surface area (Å²) in [6.07, 6.45) is -3.89. The molecule has 1 rings (SSSR count). The molecule has 0 fully saturated rings. The number of alkyl halides is 3. The van der Waals surface area contributed by atoms with Gasteiger partial charge < -0.3 is 5.11 Å². The molecule has 0 aliphatic carbocycles. The predicted octanol–water partition coefficient (Wildman–Crippen LogP) is 2.38. The Kier molecular flexibility index (Phi) is 3.18. The lowest BCUT2D eigenvalue weighted by Gasteiger charge is -2.11. The SMILES string of the molecule is O=C(O)Cc1c(Cl)cncc1C(F)(F)F. The van der Waals surface area contributed by atoms with Crippen LogP contribution < -0.4 is 0 Å². The topological polar surface area (TPSA) is 50.2 Å². The number of carbonyl (C=O) groups is 1. The van der Waals surface area contributed by atoms with Gasteiger partial charge in [0.15, 0.2) is 0 Å². The summed E-state index contributed by atoms with van der Waals surface area (Å²) >= 11 is 5.45. The van der Waals surface area contributed by atoms with Gasteiger partial charge in [-0.05, 0) is 5.56 Å². The van der Waals surface area contributed by atoms with Crippen molar-refractivity contribution in [3.63, 3.8) is 0 Å². The molecule has 3 nitrogen and oxygen atoms in total. The van der Waals surface area contributed by atoms with Crippen LogP contribution in [0.1, 0.15) is 11.1 Å². The zero-order valence-corrected chi connectivity index (χ0v) is 7.93. The van der Waals surface area contributed by atoms with Gasteiger partial charge in [0.1, 0.15) is 0 Å². The van der Waals surface area contributed by atoms with Gasteiger partial charge in [-0.2, -0.15) is 13.2 Å². The lowest BCUT2D eigenvalue weighted by Crippen LogP contribution is -2.13. The summed E-state index contributed by atoms with van der Waals surface area (Å²) in [6, 6.07) is 0. The number of aliphatic carboxylic acids is 1. The van der Waals surface area contributed by atoms with E-state index in [1.165, 1.54) is 0 Å². The number of rotatable bonds is 2. The maximum Gasteiger partial charge on any atom is 0.418 e. The van der Waals surface area contributed by atoms with E-state index < -0.39 is 29.7 Å². The van der Waals surface area contributed by atoms with E-state index in [0.717, 1.165) is 6.20 Å². The van der Waals surface area contributed by atoms with Gasteiger partial charge in [-0.3, -0.25) is 9.78 Å². The summed E-state index contributed by atoms with van der Waals surface area (Å²) in [5.74, 6) is -1.38. The fourth-order valence-corrected chi connectivity index (χ4v) is 1.26. The number of pyridine rings is 1. The molecule has 0 aliphatic heterocycles. The molecule has 0 spiro atoms. The summed E-state index contributed by atoms with van der Waals surface area (Å²) < 4.78 is 37.2. The Morgan fingerprint density at radius 2 is 2.07 bits per heavy atom. The molecule has 7 heteroatoms. The fourth-order valence-electron chi connectivity index (χ4n) is 1.04. The fraction of sp³-hybridized carbons (Fsp3) is 0.250. The highest BCUT2D eigenvalue weighted by molar-refractivity contribution is 6.31. The van der Waals surface area contributed by atoms with E-state index in [1.807, 2.05) is 0 Å². The average Bonchev–Trinajstić information content (AvgIpc) is 2.05. The first-order chi connectivity index (χ1) is 6.82. The number of hydrogen-bond acceptors (Lipinski definition) is 2. The summed E-state index contributed by atoms with van der Waals surface area (Å²) in [4.78, 5) is 13.6. The first kappa shape index (κ1) is 11.8. The van der Waals surface area contributed by atoms with Crippen molar-refractivity contribution in [1.29, 1.82) is 0 Å². The highest BCUT2D eigenvalue weighted by Gasteiger charge is 2.35. The molecule has 15 heavy (non-hydrogen) atoms. The third-order valence-corrected chi connectivity index (χ3v) is 1.96. The van der Waals surface area contributed by atoms with Crippen molar-refractivity contribution in [2.24, 2.45) is 0 Å². The van der Waals surface area contributed by atoms with Crippen molar-refractivity contribution in [1.82, 2.24) is 4.98 Å². The molecule has 1 heterocycles. The molecule has 1 aromatic heterocycles. The molecule has 1 N–H and O–H groups in total. The van der Waals surface area contributed by atoms with Crippen LogP contribution in [0.2, 0.25) is 5.02 Å². The van der Waals surface area contributed by atoms with Crippen LogP contribution in [0.25, 0.3) is 0 Å². The highest BCUT2D eigenvalue weighted by Crippen LogP contribution is 2.34. The molecule has 82 valence electrons. The highest BCUT2D eigenvalue weighted by atomic mass is 35.5. The van der Waals surface area contributed by atoms with E-state index in [1.54, 1.807) is 0 Å². The number of carboxylic acid groups (broad SMARTS) is 1. The second kappa shape index (κ2) is 4.06. The van der Waals surface area contributed by atoms with Gasteiger partial charge >= 0.3 is 12.1 Å². The molecule has 1 aromatic rings. The van der Waals surface area contributed by atoms with Gasteiger partial charge in [-0.15, -0.1) is 0 Å². The number of halogens is 4. The molecular formula is C8H5ClF3NO2. The minimum atomic E-state index is -4.65. The van der Waals surface area contributed by atoms with E-state index >= 15 is 0 Å². The Labute approximate surface area is 87.5 Å². The van der Waals surface area contributed by atoms with Gasteiger partial charge in [-0.1, -0.05) is 11.6 Å². The van der Waals surface area contributed by atoms with E-state index in [2.05, 4.69) is 4.98 Å². The third kappa shape index (κ3) is 2.82. The van der Waals surface area contributed by atoms with Crippen LogP contribution in [-0.2, 0) is 17.4 Å². The quantitative estimate of drug-likeness (QED) is 0.862. The molecule has 0 amide bonds. The molecule has 0 aromatic carbocycles. The summed E-state index contributed by atoms with van der Waals surface area (Å²) in [7, 11) is 0. The normalized spacial score (nSPS) is 11.5. The minimum absolute atomic E-state index is 0.299. The first-order valence-electron chi connectivity index (χ1n) is 3.73. The monoisotopic (exact) mass is 239 g/mol. The Morgan fingerprint density at radius 3 is 2.53 bits per heavy atom. The van der Waals surface area contributed by atoms with Gasteiger partial charge in [-0.25, -0.2) is 0 Å². The van der Waals surface area contributed by atoms with E-state index in [4.69, 9.17) is 16.7 Å². The Hall–Kier alpha value is -1.30. The molecule has 0 bridgehead atoms. The van der Waals surface area contributed by atoms with Crippen LogP contribution in [0.15, 0.2) is 12.4 Å². The minimum Gasteiger partial charge on any atom is -0.481 e. The zero-order chi connectivity index (χ0) is 11.6. The van der Waals surface area contributed by atoms with Crippen LogP contribution in [0.4, 0.5) is 13.2 Å². The van der Waals surface area contributed by atoms with E-state index in [9.17, 15) is 18.0 Å². The first-order valence-corrected chi connectivity index (χ1v) is 4.11. The molecular weight excluding hydrogens is 235 g/mol. The van der Waals surface area contributed by atoms with Crippen molar-refractivity contribution in [3.8, 4) is 0 Å². The third-order valence-electron chi connectivity index (χ3n) is 1.64. The average molecular weight is 240 g/mol. The van der Waals surface area contributed by atoms with E-state index in [0.29, 0.717) is 6.20 Å². The second-order valence-corrected chi connectivity index (χ2v) is 3.12. The van der Waals surface area contributed by atoms with Gasteiger partial charge in [0, 0.05) is 12.4 Å². The second-order valence-electron chi connectivity index (χ2n) is 2.72. The molecule has 0 atom stereocenters. The summed E-state index contributed by atoms with van der Waals surface area (Å²) in [6.45, 7) is 0. The molecule has 0 aliphatic rings. The van der Waals surface area contributed by atoms with Crippen LogP contribution >= 0.6 is 11.6 Å². The van der Waals surface area contributed by atoms with Crippen molar-refractivity contribution in [3.05, 3.63) is 28.5 Å². The summed E-state index contributed by atoms with van der Waals surface area (Å²) in [5, 5.41) is 8.14. The number of aromatic nitrogens is 1. The Balaban J connectivity index is 3.26. The maximum atomic E-state index is 12.4. The Bertz CT molecular complexity index is 392. The van der Waals surface area contributed by atoms with Gasteiger partial charge in [0.25, 0.3) is 0 Å². The van der Waals surface area contributed by atoms with Crippen LogP contribution in [-0.4, -0.2) is 16.1 Å². The lowest BCUT2D eigenvalue weighted by atomic mass is 10.1. The smallest absolute Gasteiger partial charge is 0.418 e. The maximum absolute atomic E-state index is 12.4. The predicted molar refractivity (Wildman–Crippen MR) is 45.6 cm³/mol. The Morgan fingerprint density at radius 1 is 1.47 bits per heavy atom. The van der Waals surface area contributed by atoms with Crippen molar-refractivity contribution in [2.75, 3.05) is 0 Å². The van der Waals surface area contributed by atoms with Crippen molar-refractivity contribution >= 4 is 17.6 Å². The van der Waals surface area contributed by atoms with Gasteiger partial charge in [0.2, 0.25) is 0 Å². The van der Waals surface area contributed by atoms with Gasteiger partial charge in [0.05, 0.1) is 17.0 Å². The van der Waals surface area contributed by atoms with Crippen LogP contribution in [0.5, 0.6) is 0 Å². The van der Waals surface area contributed by atoms with Crippen LogP contribution in [0.3, 0.4) is 0 Å². The number of nitrogens with zero attached hydrogens (tertiary/aromatic N) is 1. The molecule has 0 radical (unpaired) electrons. The molecule has 0 saturated carbocycles. The number of carboxylic acids is 1. The molecule has 0 unspecified atom stereocenters. The van der Waals surface area contributed by atoms with E-state index in [-0.39, 0.29) is 5.02 Å². The van der Waals surface area contributed by atoms with Crippen molar-refractivity contribution < 1.29 is 23.1 Å². The zero-order valence-electron chi connectivity index (χ0n) is 7.18. The number of hydrogen-bond donors (Lipinski definition) is 1. The largest absolute Gasteiger partial charge is 0.481 e.